The van der Waals surface area contributed by atoms with Crippen LogP contribution in [0.4, 0.5) is 5.69 Å². The van der Waals surface area contributed by atoms with E-state index in [1.807, 2.05) is 24.4 Å². The van der Waals surface area contributed by atoms with Crippen molar-refractivity contribution < 1.29 is 9.90 Å². The van der Waals surface area contributed by atoms with Crippen molar-refractivity contribution in [3.63, 3.8) is 0 Å². The summed E-state index contributed by atoms with van der Waals surface area (Å²) < 4.78 is 2.12. The number of aliphatic hydroxyl groups excluding tert-OH is 1. The summed E-state index contributed by atoms with van der Waals surface area (Å²) in [6.45, 7) is 2.08. The van der Waals surface area contributed by atoms with Crippen LogP contribution in [-0.2, 0) is 0 Å². The van der Waals surface area contributed by atoms with Gasteiger partial charge in [-0.05, 0) is 75.1 Å². The van der Waals surface area contributed by atoms with Gasteiger partial charge in [0.05, 0.1) is 16.7 Å². The Bertz CT molecular complexity index is 1020. The van der Waals surface area contributed by atoms with Gasteiger partial charge in [0.1, 0.15) is 0 Å². The number of hydrogen-bond acceptors (Lipinski definition) is 4. The molecule has 0 bridgehead atoms. The van der Waals surface area contributed by atoms with Crippen LogP contribution >= 0.6 is 11.8 Å². The second-order valence-corrected chi connectivity index (χ2v) is 8.97. The highest BCUT2D eigenvalue weighted by atomic mass is 32.2. The molecule has 4 rings (SSSR count). The van der Waals surface area contributed by atoms with Crippen LogP contribution < -0.4 is 11.1 Å². The maximum Gasteiger partial charge on any atom is 0.250 e. The molecule has 5 nitrogen and oxygen atoms in total. The summed E-state index contributed by atoms with van der Waals surface area (Å²) >= 11 is 1.70. The maximum atomic E-state index is 12.0. The quantitative estimate of drug-likeness (QED) is 0.536. The predicted molar refractivity (Wildman–Crippen MR) is 121 cm³/mol. The van der Waals surface area contributed by atoms with Gasteiger partial charge < -0.3 is 20.7 Å². The number of primary amides is 1. The largest absolute Gasteiger partial charge is 0.393 e. The van der Waals surface area contributed by atoms with Gasteiger partial charge in [0, 0.05) is 28.5 Å². The Labute approximate surface area is 181 Å². The van der Waals surface area contributed by atoms with Gasteiger partial charge in [-0.25, -0.2) is 0 Å². The van der Waals surface area contributed by atoms with Crippen molar-refractivity contribution in [3.8, 4) is 5.69 Å². The normalized spacial score (nSPS) is 18.9. The van der Waals surface area contributed by atoms with Gasteiger partial charge >= 0.3 is 0 Å². The van der Waals surface area contributed by atoms with Crippen LogP contribution in [0, 0.1) is 6.92 Å². The number of hydrogen-bond donors (Lipinski definition) is 3. The van der Waals surface area contributed by atoms with Crippen molar-refractivity contribution >= 4 is 23.4 Å². The molecule has 4 N–H and O–H groups in total. The van der Waals surface area contributed by atoms with Gasteiger partial charge in [0.25, 0.3) is 5.91 Å². The van der Waals surface area contributed by atoms with E-state index in [0.717, 1.165) is 42.1 Å². The Hall–Kier alpha value is -2.70. The summed E-state index contributed by atoms with van der Waals surface area (Å²) in [6, 6.07) is 18.5. The lowest BCUT2D eigenvalue weighted by atomic mass is 9.92. The fourth-order valence-electron chi connectivity index (χ4n) is 3.85. The topological polar surface area (TPSA) is 80.3 Å². The first-order chi connectivity index (χ1) is 14.5. The van der Waals surface area contributed by atoms with Gasteiger partial charge in [-0.15, -0.1) is 0 Å². The van der Waals surface area contributed by atoms with E-state index < -0.39 is 5.91 Å². The summed E-state index contributed by atoms with van der Waals surface area (Å²) in [5.41, 5.74) is 9.08. The van der Waals surface area contributed by atoms with E-state index in [0.29, 0.717) is 5.56 Å². The monoisotopic (exact) mass is 421 g/mol. The smallest absolute Gasteiger partial charge is 0.250 e. The second-order valence-electron chi connectivity index (χ2n) is 7.88. The van der Waals surface area contributed by atoms with E-state index >= 15 is 0 Å². The van der Waals surface area contributed by atoms with Gasteiger partial charge in [-0.1, -0.05) is 29.5 Å². The highest BCUT2D eigenvalue weighted by molar-refractivity contribution is 7.99. The summed E-state index contributed by atoms with van der Waals surface area (Å²) in [5, 5.41) is 14.4. The van der Waals surface area contributed by atoms with Crippen molar-refractivity contribution in [2.45, 2.75) is 54.7 Å². The molecule has 156 valence electrons. The molecule has 2 aromatic carbocycles. The van der Waals surface area contributed by atoms with Crippen molar-refractivity contribution in [1.82, 2.24) is 4.57 Å². The Kier molecular flexibility index (Phi) is 6.16. The van der Waals surface area contributed by atoms with E-state index in [1.54, 1.807) is 17.8 Å². The van der Waals surface area contributed by atoms with Gasteiger partial charge in [0.15, 0.2) is 0 Å². The van der Waals surface area contributed by atoms with E-state index in [-0.39, 0.29) is 12.1 Å². The average molecular weight is 422 g/mol. The van der Waals surface area contributed by atoms with Crippen LogP contribution in [0.25, 0.3) is 5.69 Å². The molecule has 0 saturated heterocycles. The molecular formula is C24H27N3O2S. The zero-order valence-corrected chi connectivity index (χ0v) is 17.9. The molecule has 1 amide bonds. The number of carbonyl (C=O) groups is 1. The number of nitrogens with zero attached hydrogens (tertiary/aromatic N) is 1. The molecule has 1 saturated carbocycles. The lowest BCUT2D eigenvalue weighted by Crippen LogP contribution is -2.29. The zero-order chi connectivity index (χ0) is 21.1. The first kappa shape index (κ1) is 20.6. The fourth-order valence-corrected chi connectivity index (χ4v) is 4.77. The van der Waals surface area contributed by atoms with Gasteiger partial charge in [-0.2, -0.15) is 0 Å². The molecular weight excluding hydrogens is 394 g/mol. The predicted octanol–water partition coefficient (Wildman–Crippen LogP) is 4.75. The third-order valence-electron chi connectivity index (χ3n) is 5.56. The minimum absolute atomic E-state index is 0.216. The van der Waals surface area contributed by atoms with Crippen LogP contribution in [0.2, 0.25) is 0 Å². The molecule has 3 aromatic rings. The molecule has 1 fully saturated rings. The molecule has 0 spiro atoms. The van der Waals surface area contributed by atoms with Crippen LogP contribution in [0.1, 0.15) is 41.6 Å². The Morgan fingerprint density at radius 2 is 1.83 bits per heavy atom. The molecule has 0 atom stereocenters. The van der Waals surface area contributed by atoms with E-state index in [9.17, 15) is 9.90 Å². The second kappa shape index (κ2) is 8.98. The minimum Gasteiger partial charge on any atom is -0.393 e. The molecule has 1 heterocycles. The number of anilines is 1. The van der Waals surface area contributed by atoms with Crippen LogP contribution in [-0.4, -0.2) is 27.7 Å². The number of nitrogens with two attached hydrogens (primary N) is 1. The lowest BCUT2D eigenvalue weighted by Gasteiger charge is -2.28. The number of rotatable bonds is 6. The summed E-state index contributed by atoms with van der Waals surface area (Å²) in [4.78, 5) is 13.2. The minimum atomic E-state index is -0.443. The number of nitrogens with one attached hydrogen (secondary N) is 1. The van der Waals surface area contributed by atoms with Gasteiger partial charge in [0.2, 0.25) is 0 Å². The maximum absolute atomic E-state index is 12.0. The van der Waals surface area contributed by atoms with Crippen molar-refractivity contribution in [1.29, 1.82) is 0 Å². The number of aromatic nitrogens is 1. The van der Waals surface area contributed by atoms with Crippen molar-refractivity contribution in [3.05, 3.63) is 71.9 Å². The first-order valence-corrected chi connectivity index (χ1v) is 11.1. The van der Waals surface area contributed by atoms with Gasteiger partial charge in [-0.3, -0.25) is 4.79 Å². The molecule has 0 radical (unpaired) electrons. The molecule has 1 aliphatic carbocycles. The number of aliphatic hydroxyl groups is 1. The summed E-state index contributed by atoms with van der Waals surface area (Å²) in [5.74, 6) is -0.443. The molecule has 1 aromatic heterocycles. The summed E-state index contributed by atoms with van der Waals surface area (Å²) in [6.07, 6.45) is 5.11. The Morgan fingerprint density at radius 1 is 1.10 bits per heavy atom. The third kappa shape index (κ3) is 4.71. The number of amides is 1. The fraction of sp³-hybridized carbons (Fsp3) is 0.292. The third-order valence-corrected chi connectivity index (χ3v) is 6.61. The molecule has 6 heteroatoms. The molecule has 30 heavy (non-hydrogen) atoms. The SMILES string of the molecule is Cc1ccc(Sc2cccn2-c2ccc(C(N)=O)c(NC3CCC(O)CC3)c2)cc1. The van der Waals surface area contributed by atoms with E-state index in [4.69, 9.17) is 5.73 Å². The van der Waals surface area contributed by atoms with Crippen molar-refractivity contribution in [2.24, 2.45) is 5.73 Å². The van der Waals surface area contributed by atoms with Crippen molar-refractivity contribution in [2.75, 3.05) is 5.32 Å². The number of aryl methyl sites for hydroxylation is 1. The Balaban J connectivity index is 1.61. The molecule has 0 aliphatic heterocycles. The zero-order valence-electron chi connectivity index (χ0n) is 17.0. The molecule has 1 aliphatic rings. The van der Waals surface area contributed by atoms with E-state index in [2.05, 4.69) is 47.1 Å². The first-order valence-electron chi connectivity index (χ1n) is 10.3. The average Bonchev–Trinajstić information content (AvgIpc) is 3.19. The van der Waals surface area contributed by atoms with Crippen LogP contribution in [0.5, 0.6) is 0 Å². The number of carbonyl (C=O) groups excluding carboxylic acids is 1. The Morgan fingerprint density at radius 3 is 2.53 bits per heavy atom. The highest BCUT2D eigenvalue weighted by Gasteiger charge is 2.21. The van der Waals surface area contributed by atoms with Crippen LogP contribution in [0.15, 0.2) is 70.7 Å². The lowest BCUT2D eigenvalue weighted by molar-refractivity contribution is 0.100. The molecule has 0 unspecified atom stereocenters. The number of benzene rings is 2. The highest BCUT2D eigenvalue weighted by Crippen LogP contribution is 2.32. The van der Waals surface area contributed by atoms with Crippen LogP contribution in [0.3, 0.4) is 0 Å². The van der Waals surface area contributed by atoms with E-state index in [1.165, 1.54) is 10.5 Å². The summed E-state index contributed by atoms with van der Waals surface area (Å²) in [7, 11) is 0. The standard InChI is InChI=1S/C24H27N3O2S/c1-16-4-11-20(12-5-16)30-23-3-2-14-27(23)18-8-13-21(24(25)29)22(15-18)26-17-6-9-19(28)10-7-17/h2-5,8,11-15,17,19,26,28H,6-7,9-10H2,1H3,(H2,25,29).